The number of hydrogen-bond donors (Lipinski definition) is 2. The van der Waals surface area contributed by atoms with E-state index in [0.29, 0.717) is 13.0 Å². The average Bonchev–Trinajstić information content (AvgIpc) is 3.07. The lowest BCUT2D eigenvalue weighted by Crippen LogP contribution is -2.47. The molecule has 152 valence electrons. The van der Waals surface area contributed by atoms with Crippen molar-refractivity contribution in [3.05, 3.63) is 54.4 Å². The summed E-state index contributed by atoms with van der Waals surface area (Å²) in [6, 6.07) is 14.0. The number of anilines is 1. The van der Waals surface area contributed by atoms with Crippen molar-refractivity contribution in [3.8, 4) is 0 Å². The lowest BCUT2D eigenvalue weighted by atomic mass is 10.0. The first-order chi connectivity index (χ1) is 14.2. The molecule has 1 unspecified atom stereocenters. The summed E-state index contributed by atoms with van der Waals surface area (Å²) in [6.07, 6.45) is 4.24. The number of carbonyl (C=O) groups is 1. The number of pyridine rings is 1. The first-order valence-electron chi connectivity index (χ1n) is 10.2. The van der Waals surface area contributed by atoms with Crippen LogP contribution >= 0.6 is 0 Å². The number of likely N-dealkylation sites (tertiary alicyclic amines) is 1. The second kappa shape index (κ2) is 8.61. The average molecular weight is 393 g/mol. The number of carboxylic acid groups (broad SMARTS) is 1. The number of nitrogens with zero attached hydrogens (tertiary/aromatic N) is 4. The molecule has 7 nitrogen and oxygen atoms in total. The molecular formula is C22H27N5O2. The number of rotatable bonds is 7. The van der Waals surface area contributed by atoms with Crippen molar-refractivity contribution in [2.24, 2.45) is 0 Å². The van der Waals surface area contributed by atoms with Crippen LogP contribution in [0.1, 0.15) is 31.9 Å². The Labute approximate surface area is 170 Å². The fourth-order valence-corrected chi connectivity index (χ4v) is 4.13. The highest BCUT2D eigenvalue weighted by Crippen LogP contribution is 2.24. The molecule has 1 aliphatic rings. The lowest BCUT2D eigenvalue weighted by molar-refractivity contribution is -0.143. The molecule has 2 N–H and O–H groups in total. The predicted molar refractivity (Wildman–Crippen MR) is 113 cm³/mol. The third kappa shape index (κ3) is 4.24. The SMILES string of the molecule is CCC(C(=O)O)N1CCC(Nc2nc3ccccc3n2Cc2ccccn2)CC1. The Morgan fingerprint density at radius 1 is 1.21 bits per heavy atom. The maximum Gasteiger partial charge on any atom is 0.320 e. The van der Waals surface area contributed by atoms with E-state index in [1.807, 2.05) is 49.5 Å². The lowest BCUT2D eigenvalue weighted by Gasteiger charge is -2.35. The number of aliphatic carboxylic acids is 1. The predicted octanol–water partition coefficient (Wildman–Crippen LogP) is 3.22. The van der Waals surface area contributed by atoms with E-state index < -0.39 is 5.97 Å². The third-order valence-corrected chi connectivity index (χ3v) is 5.68. The van der Waals surface area contributed by atoms with Gasteiger partial charge in [0.1, 0.15) is 6.04 Å². The summed E-state index contributed by atoms with van der Waals surface area (Å²) in [4.78, 5) is 22.8. The van der Waals surface area contributed by atoms with Crippen molar-refractivity contribution >= 4 is 23.0 Å². The van der Waals surface area contributed by atoms with Crippen molar-refractivity contribution in [2.45, 2.75) is 44.8 Å². The first-order valence-corrected chi connectivity index (χ1v) is 10.2. The molecule has 0 radical (unpaired) electrons. The van der Waals surface area contributed by atoms with E-state index in [4.69, 9.17) is 4.98 Å². The molecule has 0 aliphatic carbocycles. The van der Waals surface area contributed by atoms with Gasteiger partial charge in [-0.1, -0.05) is 25.1 Å². The maximum atomic E-state index is 11.4. The van der Waals surface area contributed by atoms with E-state index in [2.05, 4.69) is 25.8 Å². The number of para-hydroxylation sites is 2. The van der Waals surface area contributed by atoms with Crippen LogP contribution in [0.15, 0.2) is 48.7 Å². The monoisotopic (exact) mass is 393 g/mol. The molecule has 4 rings (SSSR count). The van der Waals surface area contributed by atoms with E-state index in [1.165, 1.54) is 0 Å². The summed E-state index contributed by atoms with van der Waals surface area (Å²) in [5.74, 6) is 0.122. The normalized spacial score (nSPS) is 16.7. The molecule has 0 saturated carbocycles. The molecular weight excluding hydrogens is 366 g/mol. The minimum atomic E-state index is -0.726. The Morgan fingerprint density at radius 2 is 1.97 bits per heavy atom. The molecule has 3 aromatic rings. The summed E-state index contributed by atoms with van der Waals surface area (Å²) in [7, 11) is 0. The molecule has 29 heavy (non-hydrogen) atoms. The Morgan fingerprint density at radius 3 is 2.66 bits per heavy atom. The fourth-order valence-electron chi connectivity index (χ4n) is 4.13. The van der Waals surface area contributed by atoms with Gasteiger partial charge in [0.15, 0.2) is 0 Å². The van der Waals surface area contributed by atoms with Gasteiger partial charge < -0.3 is 15.0 Å². The van der Waals surface area contributed by atoms with Crippen LogP contribution < -0.4 is 5.32 Å². The zero-order chi connectivity index (χ0) is 20.2. The topological polar surface area (TPSA) is 83.3 Å². The van der Waals surface area contributed by atoms with Crippen LogP contribution in [0.4, 0.5) is 5.95 Å². The van der Waals surface area contributed by atoms with Crippen molar-refractivity contribution in [3.63, 3.8) is 0 Å². The number of fused-ring (bicyclic) bond motifs is 1. The van der Waals surface area contributed by atoms with Crippen molar-refractivity contribution < 1.29 is 9.90 Å². The molecule has 1 aliphatic heterocycles. The van der Waals surface area contributed by atoms with Gasteiger partial charge in [0.25, 0.3) is 0 Å². The number of carboxylic acids is 1. The van der Waals surface area contributed by atoms with Crippen LogP contribution in [0, 0.1) is 0 Å². The van der Waals surface area contributed by atoms with Gasteiger partial charge in [0.2, 0.25) is 5.95 Å². The highest BCUT2D eigenvalue weighted by molar-refractivity contribution is 5.78. The Balaban J connectivity index is 1.51. The zero-order valence-electron chi connectivity index (χ0n) is 16.7. The minimum absolute atomic E-state index is 0.275. The first kappa shape index (κ1) is 19.4. The largest absolute Gasteiger partial charge is 0.480 e. The van der Waals surface area contributed by atoms with Gasteiger partial charge in [-0.3, -0.25) is 14.7 Å². The highest BCUT2D eigenvalue weighted by atomic mass is 16.4. The van der Waals surface area contributed by atoms with Gasteiger partial charge in [-0.25, -0.2) is 4.98 Å². The molecule has 1 fully saturated rings. The summed E-state index contributed by atoms with van der Waals surface area (Å²) in [6.45, 7) is 4.15. The second-order valence-electron chi connectivity index (χ2n) is 7.55. The molecule has 2 aromatic heterocycles. The van der Waals surface area contributed by atoms with Crippen LogP contribution in [0.2, 0.25) is 0 Å². The van der Waals surface area contributed by atoms with E-state index in [1.54, 1.807) is 0 Å². The molecule has 3 heterocycles. The smallest absolute Gasteiger partial charge is 0.320 e. The third-order valence-electron chi connectivity index (χ3n) is 5.68. The van der Waals surface area contributed by atoms with Gasteiger partial charge in [-0.15, -0.1) is 0 Å². The van der Waals surface area contributed by atoms with Crippen LogP contribution in [0.25, 0.3) is 11.0 Å². The minimum Gasteiger partial charge on any atom is -0.480 e. The zero-order valence-corrected chi connectivity index (χ0v) is 16.7. The van der Waals surface area contributed by atoms with Crippen LogP contribution in [-0.4, -0.2) is 55.7 Å². The Kier molecular flexibility index (Phi) is 5.76. The molecule has 1 saturated heterocycles. The number of imidazole rings is 1. The van der Waals surface area contributed by atoms with Gasteiger partial charge in [0, 0.05) is 25.3 Å². The number of piperidine rings is 1. The van der Waals surface area contributed by atoms with Crippen LogP contribution in [-0.2, 0) is 11.3 Å². The number of nitrogens with one attached hydrogen (secondary N) is 1. The number of aromatic nitrogens is 3. The highest BCUT2D eigenvalue weighted by Gasteiger charge is 2.28. The summed E-state index contributed by atoms with van der Waals surface area (Å²) in [5.41, 5.74) is 3.02. The van der Waals surface area contributed by atoms with Crippen LogP contribution in [0.3, 0.4) is 0 Å². The van der Waals surface area contributed by atoms with E-state index in [-0.39, 0.29) is 12.1 Å². The molecule has 1 aromatic carbocycles. The van der Waals surface area contributed by atoms with Gasteiger partial charge in [-0.05, 0) is 43.5 Å². The molecule has 0 spiro atoms. The van der Waals surface area contributed by atoms with Gasteiger partial charge in [0.05, 0.1) is 23.3 Å². The standard InChI is InChI=1S/C22H27N5O2/c1-2-19(21(28)29)26-13-10-16(11-14-26)24-22-25-18-8-3-4-9-20(18)27(22)15-17-7-5-6-12-23-17/h3-9,12,16,19H,2,10-11,13-15H2,1H3,(H,24,25)(H,28,29). The molecule has 0 amide bonds. The van der Waals surface area contributed by atoms with E-state index >= 15 is 0 Å². The maximum absolute atomic E-state index is 11.4. The molecule has 0 bridgehead atoms. The Hall–Kier alpha value is -2.93. The van der Waals surface area contributed by atoms with Crippen molar-refractivity contribution in [2.75, 3.05) is 18.4 Å². The molecule has 7 heteroatoms. The van der Waals surface area contributed by atoms with E-state index in [0.717, 1.165) is 48.6 Å². The van der Waals surface area contributed by atoms with Gasteiger partial charge >= 0.3 is 5.97 Å². The summed E-state index contributed by atoms with van der Waals surface area (Å²) < 4.78 is 2.18. The quantitative estimate of drug-likeness (QED) is 0.641. The van der Waals surface area contributed by atoms with Crippen LogP contribution in [0.5, 0.6) is 0 Å². The van der Waals surface area contributed by atoms with Crippen molar-refractivity contribution in [1.29, 1.82) is 0 Å². The molecule has 1 atom stereocenters. The number of benzene rings is 1. The van der Waals surface area contributed by atoms with Gasteiger partial charge in [-0.2, -0.15) is 0 Å². The summed E-state index contributed by atoms with van der Waals surface area (Å²) >= 11 is 0. The van der Waals surface area contributed by atoms with Crippen molar-refractivity contribution in [1.82, 2.24) is 19.4 Å². The Bertz CT molecular complexity index is 964. The summed E-state index contributed by atoms with van der Waals surface area (Å²) in [5, 5.41) is 13.0. The fraction of sp³-hybridized carbons (Fsp3) is 0.409. The second-order valence-corrected chi connectivity index (χ2v) is 7.55. The number of hydrogen-bond acceptors (Lipinski definition) is 5. The van der Waals surface area contributed by atoms with E-state index in [9.17, 15) is 9.90 Å².